The van der Waals surface area contributed by atoms with Crippen molar-refractivity contribution in [3.8, 4) is 0 Å². The number of hydrogen-bond acceptors (Lipinski definition) is 3. The largest absolute Gasteiger partial charge is 0.503 e. The van der Waals surface area contributed by atoms with E-state index in [-0.39, 0.29) is 0 Å². The van der Waals surface area contributed by atoms with E-state index in [2.05, 4.69) is 27.7 Å². The van der Waals surface area contributed by atoms with Gasteiger partial charge in [-0.05, 0) is 40.7 Å². The number of rotatable bonds is 9. The third-order valence-corrected chi connectivity index (χ3v) is 6.21. The molecule has 0 aliphatic carbocycles. The van der Waals surface area contributed by atoms with Crippen molar-refractivity contribution in [1.29, 1.82) is 0 Å². The molecule has 3 nitrogen and oxygen atoms in total. The van der Waals surface area contributed by atoms with Crippen molar-refractivity contribution in [2.45, 2.75) is 71.9 Å². The van der Waals surface area contributed by atoms with Gasteiger partial charge in [-0.25, -0.2) is 0 Å². The first kappa shape index (κ1) is 21.3. The summed E-state index contributed by atoms with van der Waals surface area (Å²) in [6, 6.07) is 0. The SMILES string of the molecule is CCCCP(CCCC)C(C)CCC.[O-][I+2]([O-])O. The molecule has 0 radical (unpaired) electrons. The normalized spacial score (nSPS) is 12.5. The highest BCUT2D eigenvalue weighted by atomic mass is 127. The van der Waals surface area contributed by atoms with Crippen molar-refractivity contribution in [3.63, 3.8) is 0 Å². The summed E-state index contributed by atoms with van der Waals surface area (Å²) in [5.41, 5.74) is 1.02. The van der Waals surface area contributed by atoms with Gasteiger partial charge >= 0.3 is 21.1 Å². The molecule has 0 saturated carbocycles. The van der Waals surface area contributed by atoms with Gasteiger partial charge in [0.05, 0.1) is 0 Å². The summed E-state index contributed by atoms with van der Waals surface area (Å²) in [6.07, 6.45) is 11.6. The lowest BCUT2D eigenvalue weighted by Crippen LogP contribution is -3.98. The molecule has 18 heavy (non-hydrogen) atoms. The van der Waals surface area contributed by atoms with E-state index in [0.29, 0.717) is 7.92 Å². The molecule has 0 rings (SSSR count). The van der Waals surface area contributed by atoms with Gasteiger partial charge in [0.2, 0.25) is 0 Å². The zero-order chi connectivity index (χ0) is 14.4. The van der Waals surface area contributed by atoms with Crippen LogP contribution in [0.15, 0.2) is 0 Å². The first-order valence-corrected chi connectivity index (χ1v) is 11.5. The molecule has 0 fully saturated rings. The van der Waals surface area contributed by atoms with Gasteiger partial charge in [0.15, 0.2) is 0 Å². The van der Waals surface area contributed by atoms with E-state index in [1.165, 1.54) is 50.8 Å². The van der Waals surface area contributed by atoms with E-state index in [0.717, 1.165) is 5.66 Å². The highest BCUT2D eigenvalue weighted by Gasteiger charge is 2.14. The summed E-state index contributed by atoms with van der Waals surface area (Å²) in [7, 11) is 0.360. The van der Waals surface area contributed by atoms with Gasteiger partial charge in [0.25, 0.3) is 0 Å². The summed E-state index contributed by atoms with van der Waals surface area (Å²) in [6.45, 7) is 9.44. The van der Waals surface area contributed by atoms with Gasteiger partial charge in [-0.1, -0.05) is 47.0 Å². The Morgan fingerprint density at radius 2 is 1.39 bits per heavy atom. The standard InChI is InChI=1S/C13H29P.HIO3/c1-5-8-11-14(12-9-6-2)13(4)10-7-3;2-1(3)4/h13H,5-12H2,1-4H3;2H. The second kappa shape index (κ2) is 16.1. The molecule has 0 aromatic rings. The zero-order valence-corrected chi connectivity index (χ0v) is 15.4. The third kappa shape index (κ3) is 17.0. The van der Waals surface area contributed by atoms with E-state index in [4.69, 9.17) is 10.3 Å². The molecule has 0 amide bonds. The third-order valence-electron chi connectivity index (χ3n) is 2.93. The maximum atomic E-state index is 8.68. The van der Waals surface area contributed by atoms with Crippen LogP contribution in [0.5, 0.6) is 0 Å². The summed E-state index contributed by atoms with van der Waals surface area (Å²) < 4.78 is 24.5. The number of hydrogen-bond donors (Lipinski definition) is 1. The Hall–Kier alpha value is 1.04. The molecule has 0 spiro atoms. The van der Waals surface area contributed by atoms with Crippen LogP contribution in [-0.2, 0) is 0 Å². The maximum absolute atomic E-state index is 8.68. The molecule has 1 atom stereocenters. The Labute approximate surface area is 123 Å². The van der Waals surface area contributed by atoms with E-state index in [9.17, 15) is 0 Å². The molecular weight excluding hydrogens is 362 g/mol. The molecular formula is C13H30IO3P. The minimum atomic E-state index is -3.76. The lowest BCUT2D eigenvalue weighted by Gasteiger charge is -2.24. The second-order valence-corrected chi connectivity index (χ2v) is 8.68. The maximum Gasteiger partial charge on any atom is 0.503 e. The molecule has 0 aromatic heterocycles. The summed E-state index contributed by atoms with van der Waals surface area (Å²) in [5, 5.41) is 0. The van der Waals surface area contributed by atoms with Crippen LogP contribution in [0.4, 0.5) is 0 Å². The minimum absolute atomic E-state index is 0.360. The van der Waals surface area contributed by atoms with E-state index in [1.54, 1.807) is 0 Å². The first-order valence-electron chi connectivity index (χ1n) is 6.98. The molecule has 0 heterocycles. The molecule has 0 aliphatic heterocycles. The van der Waals surface area contributed by atoms with Gasteiger partial charge in [0, 0.05) is 0 Å². The van der Waals surface area contributed by atoms with E-state index >= 15 is 0 Å². The number of halogens is 1. The van der Waals surface area contributed by atoms with Gasteiger partial charge in [0.1, 0.15) is 0 Å². The molecule has 0 aromatic carbocycles. The van der Waals surface area contributed by atoms with Crippen molar-refractivity contribution in [2.75, 3.05) is 12.3 Å². The van der Waals surface area contributed by atoms with Crippen LogP contribution >= 0.6 is 7.92 Å². The van der Waals surface area contributed by atoms with Gasteiger partial charge in [-0.2, -0.15) is 0 Å². The van der Waals surface area contributed by atoms with Crippen molar-refractivity contribution in [3.05, 3.63) is 0 Å². The van der Waals surface area contributed by atoms with Crippen LogP contribution < -0.4 is 27.9 Å². The fraction of sp³-hybridized carbons (Fsp3) is 1.00. The van der Waals surface area contributed by atoms with Crippen molar-refractivity contribution < 1.29 is 31.4 Å². The average Bonchev–Trinajstić information content (AvgIpc) is 2.28. The molecule has 1 unspecified atom stereocenters. The van der Waals surface area contributed by atoms with Crippen LogP contribution in [0.2, 0.25) is 0 Å². The summed E-state index contributed by atoms with van der Waals surface area (Å²) in [5.74, 6) is 0. The average molecular weight is 392 g/mol. The monoisotopic (exact) mass is 392 g/mol. The van der Waals surface area contributed by atoms with E-state index < -0.39 is 21.1 Å². The predicted octanol–water partition coefficient (Wildman–Crippen LogP) is -0.674. The van der Waals surface area contributed by atoms with Crippen LogP contribution in [0.3, 0.4) is 0 Å². The van der Waals surface area contributed by atoms with Crippen LogP contribution in [0, 0.1) is 0 Å². The summed E-state index contributed by atoms with van der Waals surface area (Å²) in [4.78, 5) is 0. The van der Waals surface area contributed by atoms with Gasteiger partial charge in [-0.15, -0.1) is 7.92 Å². The van der Waals surface area contributed by atoms with Crippen molar-refractivity contribution in [2.24, 2.45) is 0 Å². The first-order chi connectivity index (χ1) is 8.49. The predicted molar refractivity (Wildman–Crippen MR) is 73.1 cm³/mol. The Balaban J connectivity index is 0. The lowest BCUT2D eigenvalue weighted by atomic mass is 10.3. The highest BCUT2D eigenvalue weighted by molar-refractivity contribution is 7.58. The Morgan fingerprint density at radius 3 is 1.67 bits per heavy atom. The zero-order valence-electron chi connectivity index (χ0n) is 12.3. The molecule has 0 saturated heterocycles. The molecule has 112 valence electrons. The van der Waals surface area contributed by atoms with E-state index in [1.807, 2.05) is 0 Å². The Kier molecular flexibility index (Phi) is 19.1. The summed E-state index contributed by atoms with van der Waals surface area (Å²) >= 11 is -3.76. The van der Waals surface area contributed by atoms with Crippen molar-refractivity contribution >= 4 is 7.92 Å². The molecule has 5 heteroatoms. The fourth-order valence-electron chi connectivity index (χ4n) is 1.88. The van der Waals surface area contributed by atoms with Crippen LogP contribution in [-0.4, -0.2) is 21.4 Å². The lowest BCUT2D eigenvalue weighted by molar-refractivity contribution is -1.63. The topological polar surface area (TPSA) is 66.3 Å². The van der Waals surface area contributed by atoms with Crippen LogP contribution in [0.25, 0.3) is 0 Å². The van der Waals surface area contributed by atoms with Crippen LogP contribution in [0.1, 0.15) is 66.2 Å². The van der Waals surface area contributed by atoms with Gasteiger partial charge < -0.3 is 6.87 Å². The highest BCUT2D eigenvalue weighted by Crippen LogP contribution is 2.44. The fourth-order valence-corrected chi connectivity index (χ4v) is 5.05. The Bertz CT molecular complexity index is 148. The van der Waals surface area contributed by atoms with Crippen molar-refractivity contribution in [1.82, 2.24) is 0 Å². The second-order valence-electron chi connectivity index (χ2n) is 4.58. The smallest absolute Gasteiger partial charge is 0.396 e. The minimum Gasteiger partial charge on any atom is -0.396 e. The number of unbranched alkanes of at least 4 members (excludes halogenated alkanes) is 2. The Morgan fingerprint density at radius 1 is 1.00 bits per heavy atom. The molecule has 0 aliphatic rings. The van der Waals surface area contributed by atoms with Gasteiger partial charge in [-0.3, -0.25) is 0 Å². The quantitative estimate of drug-likeness (QED) is 0.418. The molecule has 1 N–H and O–H groups in total. The molecule has 0 bridgehead atoms.